The van der Waals surface area contributed by atoms with Gasteiger partial charge in [0.15, 0.2) is 0 Å². The number of hydrogen-bond donors (Lipinski definition) is 0. The lowest BCUT2D eigenvalue weighted by molar-refractivity contribution is 0.394. The Morgan fingerprint density at radius 2 is 1.45 bits per heavy atom. The van der Waals surface area contributed by atoms with E-state index in [1.807, 2.05) is 0 Å². The van der Waals surface area contributed by atoms with Crippen molar-refractivity contribution in [3.63, 3.8) is 0 Å². The Morgan fingerprint density at radius 3 is 2.24 bits per heavy atom. The molecule has 1 heteroatoms. The zero-order valence-corrected chi connectivity index (χ0v) is 17.5. The Hall–Kier alpha value is -2.80. The number of nitrogens with zero attached hydrogens (tertiary/aromatic N) is 1. The van der Waals surface area contributed by atoms with Gasteiger partial charge < -0.3 is 4.90 Å². The standard InChI is InChI=1S/C28H29N/c1-28(2)25-15-9-7-14-23(25)24-18-17-21(19-26(24)28)29(3)27-16-10-8-13-22(27)20-11-5-4-6-12-20/h4-19,22-23,25,27H,1-3H3. The molecule has 3 aliphatic carbocycles. The van der Waals surface area contributed by atoms with E-state index in [4.69, 9.17) is 0 Å². The number of rotatable bonds is 3. The van der Waals surface area contributed by atoms with Gasteiger partial charge in [-0.05, 0) is 40.2 Å². The highest BCUT2D eigenvalue weighted by molar-refractivity contribution is 5.59. The van der Waals surface area contributed by atoms with Gasteiger partial charge in [-0.1, -0.05) is 98.9 Å². The summed E-state index contributed by atoms with van der Waals surface area (Å²) in [6.45, 7) is 4.81. The molecule has 146 valence electrons. The summed E-state index contributed by atoms with van der Waals surface area (Å²) < 4.78 is 0. The first-order chi connectivity index (χ1) is 14.1. The van der Waals surface area contributed by atoms with E-state index in [1.54, 1.807) is 0 Å². The molecule has 4 atom stereocenters. The number of allylic oxidation sites excluding steroid dienone is 6. The molecule has 0 saturated carbocycles. The summed E-state index contributed by atoms with van der Waals surface area (Å²) in [6.07, 6.45) is 18.2. The van der Waals surface area contributed by atoms with Gasteiger partial charge in [-0.3, -0.25) is 0 Å². The molecule has 5 rings (SSSR count). The van der Waals surface area contributed by atoms with Crippen LogP contribution in [0.15, 0.2) is 97.1 Å². The minimum Gasteiger partial charge on any atom is -0.367 e. The van der Waals surface area contributed by atoms with E-state index in [0.29, 0.717) is 23.8 Å². The molecule has 0 saturated heterocycles. The molecule has 0 amide bonds. The summed E-state index contributed by atoms with van der Waals surface area (Å²) in [5, 5.41) is 0. The lowest BCUT2D eigenvalue weighted by Gasteiger charge is -2.35. The van der Waals surface area contributed by atoms with Crippen LogP contribution in [0.25, 0.3) is 0 Å². The van der Waals surface area contributed by atoms with Crippen LogP contribution >= 0.6 is 0 Å². The molecule has 0 aliphatic heterocycles. The van der Waals surface area contributed by atoms with Gasteiger partial charge in [-0.25, -0.2) is 0 Å². The maximum atomic E-state index is 2.45. The molecule has 2 aromatic carbocycles. The normalized spacial score (nSPS) is 28.2. The number of likely N-dealkylation sites (N-methyl/N-ethyl adjacent to an activating group) is 1. The van der Waals surface area contributed by atoms with Crippen molar-refractivity contribution in [1.82, 2.24) is 0 Å². The highest BCUT2D eigenvalue weighted by atomic mass is 15.1. The van der Waals surface area contributed by atoms with Crippen LogP contribution in [0, 0.1) is 5.92 Å². The van der Waals surface area contributed by atoms with E-state index in [9.17, 15) is 0 Å². The largest absolute Gasteiger partial charge is 0.367 e. The molecule has 0 bridgehead atoms. The molecule has 0 aromatic heterocycles. The van der Waals surface area contributed by atoms with Crippen LogP contribution < -0.4 is 4.90 Å². The Kier molecular flexibility index (Phi) is 4.35. The number of benzene rings is 2. The van der Waals surface area contributed by atoms with Crippen LogP contribution in [-0.4, -0.2) is 13.1 Å². The van der Waals surface area contributed by atoms with E-state index >= 15 is 0 Å². The van der Waals surface area contributed by atoms with Crippen molar-refractivity contribution in [2.24, 2.45) is 5.92 Å². The minimum absolute atomic E-state index is 0.152. The first kappa shape index (κ1) is 18.2. The number of anilines is 1. The maximum Gasteiger partial charge on any atom is 0.0576 e. The van der Waals surface area contributed by atoms with Gasteiger partial charge in [0, 0.05) is 24.6 Å². The predicted molar refractivity (Wildman–Crippen MR) is 124 cm³/mol. The van der Waals surface area contributed by atoms with Crippen molar-refractivity contribution in [1.29, 1.82) is 0 Å². The lowest BCUT2D eigenvalue weighted by atomic mass is 9.74. The van der Waals surface area contributed by atoms with Crippen LogP contribution in [0.1, 0.15) is 42.4 Å². The number of fused-ring (bicyclic) bond motifs is 3. The van der Waals surface area contributed by atoms with Gasteiger partial charge in [0.25, 0.3) is 0 Å². The molecule has 0 heterocycles. The summed E-state index contributed by atoms with van der Waals surface area (Å²) in [5.74, 6) is 1.43. The Morgan fingerprint density at radius 1 is 0.759 bits per heavy atom. The van der Waals surface area contributed by atoms with Gasteiger partial charge in [-0.15, -0.1) is 0 Å². The topological polar surface area (TPSA) is 3.24 Å². The van der Waals surface area contributed by atoms with Gasteiger partial charge in [0.2, 0.25) is 0 Å². The molecule has 1 nitrogen and oxygen atoms in total. The molecule has 0 spiro atoms. The second-order valence-electron chi connectivity index (χ2n) is 9.12. The molecular formula is C28H29N. The number of hydrogen-bond acceptors (Lipinski definition) is 1. The average Bonchev–Trinajstić information content (AvgIpc) is 3.01. The molecule has 0 radical (unpaired) electrons. The van der Waals surface area contributed by atoms with Crippen molar-refractivity contribution in [2.45, 2.75) is 37.1 Å². The van der Waals surface area contributed by atoms with Gasteiger partial charge >= 0.3 is 0 Å². The van der Waals surface area contributed by atoms with Crippen molar-refractivity contribution in [2.75, 3.05) is 11.9 Å². The molecule has 3 aliphatic rings. The van der Waals surface area contributed by atoms with Gasteiger partial charge in [-0.2, -0.15) is 0 Å². The molecule has 29 heavy (non-hydrogen) atoms. The fourth-order valence-corrected chi connectivity index (χ4v) is 5.51. The summed E-state index contributed by atoms with van der Waals surface area (Å²) in [7, 11) is 2.24. The molecule has 0 N–H and O–H groups in total. The smallest absolute Gasteiger partial charge is 0.0576 e. The molecule has 0 fully saturated rings. The predicted octanol–water partition coefficient (Wildman–Crippen LogP) is 6.52. The van der Waals surface area contributed by atoms with Crippen molar-refractivity contribution >= 4 is 5.69 Å². The zero-order chi connectivity index (χ0) is 20.0. The van der Waals surface area contributed by atoms with Crippen LogP contribution in [0.4, 0.5) is 5.69 Å². The van der Waals surface area contributed by atoms with E-state index in [-0.39, 0.29) is 5.41 Å². The summed E-state index contributed by atoms with van der Waals surface area (Å²) in [5.41, 5.74) is 5.82. The first-order valence-electron chi connectivity index (χ1n) is 10.7. The highest BCUT2D eigenvalue weighted by Gasteiger charge is 2.44. The van der Waals surface area contributed by atoms with Crippen LogP contribution in [0.2, 0.25) is 0 Å². The second-order valence-corrected chi connectivity index (χ2v) is 9.12. The third kappa shape index (κ3) is 2.92. The van der Waals surface area contributed by atoms with Crippen molar-refractivity contribution < 1.29 is 0 Å². The SMILES string of the molecule is CN(c1ccc2c(c1)C(C)(C)C1C=CC=CC21)C1C=CC=CC1c1ccccc1. The minimum atomic E-state index is 0.152. The van der Waals surface area contributed by atoms with E-state index in [2.05, 4.69) is 123 Å². The zero-order valence-electron chi connectivity index (χ0n) is 17.5. The van der Waals surface area contributed by atoms with Crippen LogP contribution in [0.5, 0.6) is 0 Å². The van der Waals surface area contributed by atoms with Crippen molar-refractivity contribution in [3.05, 3.63) is 114 Å². The van der Waals surface area contributed by atoms with Crippen LogP contribution in [-0.2, 0) is 5.41 Å². The average molecular weight is 380 g/mol. The van der Waals surface area contributed by atoms with Gasteiger partial charge in [0.1, 0.15) is 0 Å². The highest BCUT2D eigenvalue weighted by Crippen LogP contribution is 2.53. The second kappa shape index (κ2) is 6.91. The van der Waals surface area contributed by atoms with E-state index in [0.717, 1.165) is 0 Å². The maximum absolute atomic E-state index is 2.45. The van der Waals surface area contributed by atoms with E-state index < -0.39 is 0 Å². The summed E-state index contributed by atoms with van der Waals surface area (Å²) in [6, 6.07) is 18.3. The van der Waals surface area contributed by atoms with Crippen molar-refractivity contribution in [3.8, 4) is 0 Å². The summed E-state index contributed by atoms with van der Waals surface area (Å²) in [4.78, 5) is 2.45. The third-order valence-corrected chi connectivity index (χ3v) is 7.20. The quantitative estimate of drug-likeness (QED) is 0.587. The Labute approximate surface area is 174 Å². The fraction of sp³-hybridized carbons (Fsp3) is 0.286. The first-order valence-corrected chi connectivity index (χ1v) is 10.7. The Bertz CT molecular complexity index is 1020. The molecule has 2 aromatic rings. The summed E-state index contributed by atoms with van der Waals surface area (Å²) >= 11 is 0. The molecular weight excluding hydrogens is 350 g/mol. The van der Waals surface area contributed by atoms with E-state index in [1.165, 1.54) is 22.4 Å². The lowest BCUT2D eigenvalue weighted by Crippen LogP contribution is -2.35. The third-order valence-electron chi connectivity index (χ3n) is 7.20. The van der Waals surface area contributed by atoms with Crippen LogP contribution in [0.3, 0.4) is 0 Å². The van der Waals surface area contributed by atoms with Gasteiger partial charge in [0.05, 0.1) is 6.04 Å². The monoisotopic (exact) mass is 379 g/mol. The fourth-order valence-electron chi connectivity index (χ4n) is 5.51. The Balaban J connectivity index is 1.51. The molecule has 4 unspecified atom stereocenters.